The Bertz CT molecular complexity index is 1240. The van der Waals surface area contributed by atoms with Crippen molar-refractivity contribution in [1.29, 1.82) is 0 Å². The Kier molecular flexibility index (Phi) is 7.64. The number of amides is 3. The molecular formula is C28H31Cl3N4O3. The number of halogens is 3. The van der Waals surface area contributed by atoms with Crippen molar-refractivity contribution in [3.63, 3.8) is 0 Å². The molecule has 1 aromatic carbocycles. The van der Waals surface area contributed by atoms with E-state index in [4.69, 9.17) is 34.8 Å². The normalized spacial score (nSPS) is 22.9. The minimum atomic E-state index is -0.280. The van der Waals surface area contributed by atoms with Crippen molar-refractivity contribution in [2.45, 2.75) is 44.6 Å². The lowest BCUT2D eigenvalue weighted by Crippen LogP contribution is -2.46. The Labute approximate surface area is 238 Å². The number of carbonyl (C=O) groups is 3. The van der Waals surface area contributed by atoms with Crippen LogP contribution in [0.2, 0.25) is 15.1 Å². The van der Waals surface area contributed by atoms with Gasteiger partial charge in [-0.2, -0.15) is 0 Å². The number of likely N-dealkylation sites (tertiary alicyclic amines) is 2. The molecule has 1 saturated carbocycles. The van der Waals surface area contributed by atoms with Crippen molar-refractivity contribution in [2.24, 2.45) is 11.3 Å². The lowest BCUT2D eigenvalue weighted by atomic mass is 9.93. The summed E-state index contributed by atoms with van der Waals surface area (Å²) in [5.74, 6) is -0.232. The van der Waals surface area contributed by atoms with Gasteiger partial charge in [0.2, 0.25) is 11.8 Å². The molecule has 1 aliphatic carbocycles. The number of carbonyl (C=O) groups excluding carboxylic acids is 3. The van der Waals surface area contributed by atoms with Crippen LogP contribution in [0, 0.1) is 11.3 Å². The maximum Gasteiger partial charge on any atom is 0.272 e. The highest BCUT2D eigenvalue weighted by Gasteiger charge is 2.48. The molecule has 3 fully saturated rings. The number of hydrogen-bond donors (Lipinski definition) is 0. The maximum absolute atomic E-state index is 13.7. The van der Waals surface area contributed by atoms with Crippen molar-refractivity contribution in [1.82, 2.24) is 19.7 Å². The summed E-state index contributed by atoms with van der Waals surface area (Å²) in [5.41, 5.74) is 1.01. The largest absolute Gasteiger partial charge is 0.342 e. The first-order valence-corrected chi connectivity index (χ1v) is 14.1. The molecule has 0 unspecified atom stereocenters. The minimum Gasteiger partial charge on any atom is -0.342 e. The second-order valence-electron chi connectivity index (χ2n) is 11.0. The van der Waals surface area contributed by atoms with Crippen LogP contribution in [0.25, 0.3) is 0 Å². The van der Waals surface area contributed by atoms with E-state index in [-0.39, 0.29) is 46.7 Å². The summed E-state index contributed by atoms with van der Waals surface area (Å²) >= 11 is 18.5. The molecule has 0 N–H and O–H groups in total. The van der Waals surface area contributed by atoms with Gasteiger partial charge in [0.25, 0.3) is 5.91 Å². The number of rotatable bonds is 5. The summed E-state index contributed by atoms with van der Waals surface area (Å²) in [6.45, 7) is 4.11. The smallest absolute Gasteiger partial charge is 0.272 e. The Hall–Kier alpha value is -2.35. The molecule has 1 aromatic heterocycles. The van der Waals surface area contributed by atoms with E-state index in [9.17, 15) is 14.4 Å². The predicted molar refractivity (Wildman–Crippen MR) is 148 cm³/mol. The van der Waals surface area contributed by atoms with Crippen LogP contribution in [0.3, 0.4) is 0 Å². The quantitative estimate of drug-likeness (QED) is 0.493. The lowest BCUT2D eigenvalue weighted by Gasteiger charge is -2.34. The van der Waals surface area contributed by atoms with E-state index in [1.807, 2.05) is 28.9 Å². The molecule has 202 valence electrons. The zero-order chi connectivity index (χ0) is 27.2. The highest BCUT2D eigenvalue weighted by molar-refractivity contribution is 6.42. The van der Waals surface area contributed by atoms with E-state index in [1.54, 1.807) is 30.1 Å². The van der Waals surface area contributed by atoms with Crippen molar-refractivity contribution >= 4 is 52.5 Å². The Morgan fingerprint density at radius 3 is 2.29 bits per heavy atom. The minimum absolute atomic E-state index is 0.0766. The van der Waals surface area contributed by atoms with Crippen molar-refractivity contribution in [2.75, 3.05) is 33.2 Å². The first kappa shape index (κ1) is 27.2. The van der Waals surface area contributed by atoms with Crippen LogP contribution >= 0.6 is 34.8 Å². The summed E-state index contributed by atoms with van der Waals surface area (Å²) in [6, 6.07) is 8.42. The number of piperidine rings is 1. The lowest BCUT2D eigenvalue weighted by molar-refractivity contribution is -0.142. The Morgan fingerprint density at radius 2 is 1.68 bits per heavy atom. The first-order valence-electron chi connectivity index (χ1n) is 13.0. The summed E-state index contributed by atoms with van der Waals surface area (Å²) < 4.78 is 0. The van der Waals surface area contributed by atoms with Gasteiger partial charge in [-0.1, -0.05) is 47.8 Å². The van der Waals surface area contributed by atoms with Gasteiger partial charge in [0, 0.05) is 56.7 Å². The fourth-order valence-corrected chi connectivity index (χ4v) is 6.05. The SMILES string of the molecule is CN(C(=O)c1ccc(Cl)cn1)[C@H]1CN(C(=O)C2CCN(C(=O)C3(C)CC3)CC2)C[C@@H]1c1ccc(Cl)c(Cl)c1. The molecule has 3 aliphatic rings. The standard InChI is InChI=1S/C28H31Cl3N4O3/c1-28(9-10-28)27(38)34-11-7-17(8-12-34)25(36)35-15-20(18-3-5-21(30)22(31)13-18)24(16-35)33(2)26(37)23-6-4-19(29)14-32-23/h3-6,13-14,17,20,24H,7-12,15-16H2,1-2H3/t20-,24+/m1/s1. The Balaban J connectivity index is 1.33. The third-order valence-electron chi connectivity index (χ3n) is 8.38. The molecule has 2 aliphatic heterocycles. The number of aromatic nitrogens is 1. The van der Waals surface area contributed by atoms with Gasteiger partial charge in [-0.15, -0.1) is 0 Å². The van der Waals surface area contributed by atoms with Gasteiger partial charge >= 0.3 is 0 Å². The molecule has 38 heavy (non-hydrogen) atoms. The fraction of sp³-hybridized carbons (Fsp3) is 0.500. The maximum atomic E-state index is 13.7. The van der Waals surface area contributed by atoms with Gasteiger partial charge in [0.1, 0.15) is 5.69 Å². The van der Waals surface area contributed by atoms with Crippen molar-refractivity contribution in [3.05, 3.63) is 62.9 Å². The van der Waals surface area contributed by atoms with E-state index in [2.05, 4.69) is 4.98 Å². The zero-order valence-electron chi connectivity index (χ0n) is 21.5. The molecule has 0 radical (unpaired) electrons. The van der Waals surface area contributed by atoms with E-state index < -0.39 is 0 Å². The first-order chi connectivity index (χ1) is 18.1. The second-order valence-corrected chi connectivity index (χ2v) is 12.2. The zero-order valence-corrected chi connectivity index (χ0v) is 23.8. The van der Waals surface area contributed by atoms with Gasteiger partial charge in [0.15, 0.2) is 0 Å². The number of pyridine rings is 1. The van der Waals surface area contributed by atoms with Crippen LogP contribution in [0.4, 0.5) is 0 Å². The van der Waals surface area contributed by atoms with Gasteiger partial charge in [-0.25, -0.2) is 4.98 Å². The second kappa shape index (κ2) is 10.7. The molecular weight excluding hydrogens is 547 g/mol. The van der Waals surface area contributed by atoms with Crippen LogP contribution in [-0.2, 0) is 9.59 Å². The molecule has 3 heterocycles. The van der Waals surface area contributed by atoms with Crippen LogP contribution in [0.5, 0.6) is 0 Å². The molecule has 2 aromatic rings. The Morgan fingerprint density at radius 1 is 0.974 bits per heavy atom. The average Bonchev–Trinajstić information content (AvgIpc) is 3.52. The van der Waals surface area contributed by atoms with Gasteiger partial charge in [0.05, 0.1) is 21.1 Å². The third kappa shape index (κ3) is 5.38. The third-order valence-corrected chi connectivity index (χ3v) is 9.35. The van der Waals surface area contributed by atoms with Gasteiger partial charge in [-0.05, 0) is 55.5 Å². The van der Waals surface area contributed by atoms with Crippen LogP contribution in [0.15, 0.2) is 36.5 Å². The topological polar surface area (TPSA) is 73.8 Å². The monoisotopic (exact) mass is 576 g/mol. The number of benzene rings is 1. The molecule has 5 rings (SSSR count). The molecule has 0 spiro atoms. The number of nitrogens with zero attached hydrogens (tertiary/aromatic N) is 4. The van der Waals surface area contributed by atoms with Gasteiger partial charge in [-0.3, -0.25) is 14.4 Å². The van der Waals surface area contributed by atoms with Crippen LogP contribution in [0.1, 0.15) is 54.6 Å². The van der Waals surface area contributed by atoms with E-state index in [1.165, 1.54) is 6.20 Å². The molecule has 3 amide bonds. The highest BCUT2D eigenvalue weighted by Crippen LogP contribution is 2.47. The molecule has 2 saturated heterocycles. The highest BCUT2D eigenvalue weighted by atomic mass is 35.5. The van der Waals surface area contributed by atoms with Crippen molar-refractivity contribution in [3.8, 4) is 0 Å². The van der Waals surface area contributed by atoms with Crippen LogP contribution in [-0.4, -0.2) is 76.7 Å². The molecule has 0 bridgehead atoms. The van der Waals surface area contributed by atoms with Gasteiger partial charge < -0.3 is 14.7 Å². The molecule has 7 nitrogen and oxygen atoms in total. The average molecular weight is 578 g/mol. The van der Waals surface area contributed by atoms with E-state index in [0.29, 0.717) is 54.1 Å². The predicted octanol–water partition coefficient (Wildman–Crippen LogP) is 5.15. The van der Waals surface area contributed by atoms with Crippen LogP contribution < -0.4 is 0 Å². The number of likely N-dealkylation sites (N-methyl/N-ethyl adjacent to an activating group) is 1. The molecule has 10 heteroatoms. The fourth-order valence-electron chi connectivity index (χ4n) is 5.63. The molecule has 2 atom stereocenters. The number of hydrogen-bond acceptors (Lipinski definition) is 4. The van der Waals surface area contributed by atoms with E-state index >= 15 is 0 Å². The summed E-state index contributed by atoms with van der Waals surface area (Å²) in [5, 5.41) is 1.34. The summed E-state index contributed by atoms with van der Waals surface area (Å²) in [7, 11) is 1.74. The van der Waals surface area contributed by atoms with E-state index in [0.717, 1.165) is 18.4 Å². The summed E-state index contributed by atoms with van der Waals surface area (Å²) in [4.78, 5) is 49.4. The summed E-state index contributed by atoms with van der Waals surface area (Å²) in [6.07, 6.45) is 4.66. The van der Waals surface area contributed by atoms with Crippen molar-refractivity contribution < 1.29 is 14.4 Å².